The highest BCUT2D eigenvalue weighted by atomic mass is 16.5. The van der Waals surface area contributed by atoms with Crippen molar-refractivity contribution >= 4 is 5.96 Å². The highest BCUT2D eigenvalue weighted by Crippen LogP contribution is 2.29. The summed E-state index contributed by atoms with van der Waals surface area (Å²) < 4.78 is 5.10. The summed E-state index contributed by atoms with van der Waals surface area (Å²) in [6.45, 7) is 8.13. The van der Waals surface area contributed by atoms with Gasteiger partial charge in [-0.3, -0.25) is 10.3 Å². The predicted molar refractivity (Wildman–Crippen MR) is 76.8 cm³/mol. The molecule has 0 bridgehead atoms. The zero-order chi connectivity index (χ0) is 13.7. The summed E-state index contributed by atoms with van der Waals surface area (Å²) in [5.41, 5.74) is 2.73. The van der Waals surface area contributed by atoms with E-state index in [0.717, 1.165) is 38.1 Å². The van der Waals surface area contributed by atoms with Crippen LogP contribution in [0.25, 0.3) is 0 Å². The molecule has 2 rings (SSSR count). The molecule has 0 aromatic carbocycles. The van der Waals surface area contributed by atoms with Crippen molar-refractivity contribution in [3.05, 3.63) is 0 Å². The van der Waals surface area contributed by atoms with E-state index < -0.39 is 0 Å². The van der Waals surface area contributed by atoms with Crippen molar-refractivity contribution in [2.75, 3.05) is 46.4 Å². The van der Waals surface area contributed by atoms with E-state index in [1.807, 2.05) is 6.92 Å². The van der Waals surface area contributed by atoms with Crippen LogP contribution < -0.4 is 11.3 Å². The Kier molecular flexibility index (Phi) is 5.42. The number of guanidine groups is 1. The average molecular weight is 269 g/mol. The van der Waals surface area contributed by atoms with Crippen LogP contribution in [-0.2, 0) is 4.74 Å². The molecule has 0 radical (unpaired) electrons. The van der Waals surface area contributed by atoms with Gasteiger partial charge in [-0.2, -0.15) is 0 Å². The van der Waals surface area contributed by atoms with Crippen molar-refractivity contribution in [1.82, 2.24) is 15.2 Å². The number of aliphatic imine (C=N–C) groups is 1. The molecule has 0 aromatic heterocycles. The number of nitrogens with zero attached hydrogens (tertiary/aromatic N) is 3. The molecule has 0 amide bonds. The summed E-state index contributed by atoms with van der Waals surface area (Å²) in [6, 6.07) is 0.126. The van der Waals surface area contributed by atoms with Gasteiger partial charge in [0, 0.05) is 39.8 Å². The number of rotatable bonds is 5. The maximum absolute atomic E-state index is 5.60. The first-order valence-electron chi connectivity index (χ1n) is 7.23. The lowest BCUT2D eigenvalue weighted by atomic mass is 10.3. The minimum Gasteiger partial charge on any atom is -0.382 e. The Morgan fingerprint density at radius 1 is 1.37 bits per heavy atom. The Morgan fingerprint density at radius 2 is 2.05 bits per heavy atom. The van der Waals surface area contributed by atoms with Gasteiger partial charge in [-0.25, -0.2) is 10.8 Å². The molecule has 19 heavy (non-hydrogen) atoms. The molecule has 110 valence electrons. The van der Waals surface area contributed by atoms with Crippen LogP contribution >= 0.6 is 0 Å². The lowest BCUT2D eigenvalue weighted by Gasteiger charge is -2.36. The maximum Gasteiger partial charge on any atom is 0.208 e. The van der Waals surface area contributed by atoms with E-state index >= 15 is 0 Å². The molecule has 0 aromatic rings. The Morgan fingerprint density at radius 3 is 2.58 bits per heavy atom. The van der Waals surface area contributed by atoms with Crippen LogP contribution in [0.4, 0.5) is 0 Å². The first kappa shape index (κ1) is 14.6. The van der Waals surface area contributed by atoms with Crippen molar-refractivity contribution in [3.8, 4) is 0 Å². The second kappa shape index (κ2) is 7.07. The SMILES string of the molecule is COCC(C)N=C(NN)N1CCN(CC2CC2)CC1. The molecular weight excluding hydrogens is 242 g/mol. The number of nitrogens with one attached hydrogen (secondary N) is 1. The number of hydrogen-bond acceptors (Lipinski definition) is 4. The average Bonchev–Trinajstić information content (AvgIpc) is 3.21. The van der Waals surface area contributed by atoms with Gasteiger partial charge in [-0.05, 0) is 25.7 Å². The molecule has 2 aliphatic rings. The highest BCUT2D eigenvalue weighted by molar-refractivity contribution is 5.79. The fraction of sp³-hybridized carbons (Fsp3) is 0.923. The van der Waals surface area contributed by atoms with E-state index in [9.17, 15) is 0 Å². The molecule has 1 atom stereocenters. The van der Waals surface area contributed by atoms with Gasteiger partial charge in [0.15, 0.2) is 0 Å². The predicted octanol–water partition coefficient (Wildman–Crippen LogP) is -0.132. The quantitative estimate of drug-likeness (QED) is 0.315. The van der Waals surface area contributed by atoms with E-state index in [1.165, 1.54) is 19.4 Å². The van der Waals surface area contributed by atoms with Gasteiger partial charge in [0.25, 0.3) is 0 Å². The maximum atomic E-state index is 5.60. The van der Waals surface area contributed by atoms with Crippen molar-refractivity contribution in [2.24, 2.45) is 16.8 Å². The lowest BCUT2D eigenvalue weighted by Crippen LogP contribution is -2.54. The first-order chi connectivity index (χ1) is 9.22. The third kappa shape index (κ3) is 4.63. The van der Waals surface area contributed by atoms with Crippen molar-refractivity contribution in [3.63, 3.8) is 0 Å². The van der Waals surface area contributed by atoms with Gasteiger partial charge in [-0.15, -0.1) is 0 Å². The fourth-order valence-electron chi connectivity index (χ4n) is 2.51. The molecule has 1 heterocycles. The molecule has 0 spiro atoms. The number of methoxy groups -OCH3 is 1. The monoisotopic (exact) mass is 269 g/mol. The van der Waals surface area contributed by atoms with E-state index in [4.69, 9.17) is 10.6 Å². The zero-order valence-corrected chi connectivity index (χ0v) is 12.1. The number of nitrogens with two attached hydrogens (primary N) is 1. The van der Waals surface area contributed by atoms with Gasteiger partial charge in [0.05, 0.1) is 12.6 Å². The summed E-state index contributed by atoms with van der Waals surface area (Å²) >= 11 is 0. The number of piperazine rings is 1. The Hall–Kier alpha value is -0.850. The summed E-state index contributed by atoms with van der Waals surface area (Å²) in [5.74, 6) is 7.35. The second-order valence-electron chi connectivity index (χ2n) is 5.63. The van der Waals surface area contributed by atoms with Crippen molar-refractivity contribution in [1.29, 1.82) is 0 Å². The van der Waals surface area contributed by atoms with E-state index in [-0.39, 0.29) is 6.04 Å². The Balaban J connectivity index is 1.79. The molecule has 2 fully saturated rings. The van der Waals surface area contributed by atoms with E-state index in [2.05, 4.69) is 20.2 Å². The van der Waals surface area contributed by atoms with Crippen molar-refractivity contribution < 1.29 is 4.74 Å². The molecule has 1 aliphatic carbocycles. The topological polar surface area (TPSA) is 66.1 Å². The number of hydrazine groups is 1. The van der Waals surface area contributed by atoms with Gasteiger partial charge in [0.1, 0.15) is 0 Å². The summed E-state index contributed by atoms with van der Waals surface area (Å²) in [6.07, 6.45) is 2.84. The van der Waals surface area contributed by atoms with Gasteiger partial charge in [0.2, 0.25) is 5.96 Å². The smallest absolute Gasteiger partial charge is 0.208 e. The number of hydrogen-bond donors (Lipinski definition) is 2. The summed E-state index contributed by atoms with van der Waals surface area (Å²) in [7, 11) is 1.69. The van der Waals surface area contributed by atoms with Crippen LogP contribution in [0.15, 0.2) is 4.99 Å². The van der Waals surface area contributed by atoms with Gasteiger partial charge in [-0.1, -0.05) is 0 Å². The van der Waals surface area contributed by atoms with Crippen LogP contribution in [0.5, 0.6) is 0 Å². The van der Waals surface area contributed by atoms with Crippen molar-refractivity contribution in [2.45, 2.75) is 25.8 Å². The fourth-order valence-corrected chi connectivity index (χ4v) is 2.51. The minimum atomic E-state index is 0.126. The van der Waals surface area contributed by atoms with Crippen LogP contribution in [0.1, 0.15) is 19.8 Å². The van der Waals surface area contributed by atoms with Crippen LogP contribution in [0.2, 0.25) is 0 Å². The normalized spacial score (nSPS) is 23.5. The van der Waals surface area contributed by atoms with E-state index in [0.29, 0.717) is 6.61 Å². The first-order valence-corrected chi connectivity index (χ1v) is 7.23. The molecular formula is C13H27N5O. The van der Waals surface area contributed by atoms with Crippen LogP contribution in [0, 0.1) is 5.92 Å². The third-order valence-electron chi connectivity index (χ3n) is 3.76. The molecule has 3 N–H and O–H groups in total. The largest absolute Gasteiger partial charge is 0.382 e. The summed E-state index contributed by atoms with van der Waals surface area (Å²) in [5, 5.41) is 0. The molecule has 6 nitrogen and oxygen atoms in total. The molecule has 1 saturated heterocycles. The lowest BCUT2D eigenvalue weighted by molar-refractivity contribution is 0.169. The van der Waals surface area contributed by atoms with Crippen LogP contribution in [0.3, 0.4) is 0 Å². The highest BCUT2D eigenvalue weighted by Gasteiger charge is 2.27. The Bertz CT molecular complexity index is 297. The van der Waals surface area contributed by atoms with Gasteiger partial charge < -0.3 is 9.64 Å². The second-order valence-corrected chi connectivity index (χ2v) is 5.63. The number of ether oxygens (including phenoxy) is 1. The molecule has 1 aliphatic heterocycles. The Labute approximate surface area is 115 Å². The third-order valence-corrected chi connectivity index (χ3v) is 3.76. The summed E-state index contributed by atoms with van der Waals surface area (Å²) in [4.78, 5) is 9.36. The van der Waals surface area contributed by atoms with E-state index in [1.54, 1.807) is 7.11 Å². The molecule has 1 saturated carbocycles. The zero-order valence-electron chi connectivity index (χ0n) is 12.1. The van der Waals surface area contributed by atoms with Crippen LogP contribution in [-0.4, -0.2) is 68.2 Å². The standard InChI is InChI=1S/C13H27N5O/c1-11(10-19-2)15-13(16-14)18-7-5-17(6-8-18)9-12-3-4-12/h11-12H,3-10,14H2,1-2H3,(H,15,16). The molecule has 6 heteroatoms. The minimum absolute atomic E-state index is 0.126. The van der Waals surface area contributed by atoms with Gasteiger partial charge >= 0.3 is 0 Å². The molecule has 1 unspecified atom stereocenters.